The molecule has 0 heterocycles. The van der Waals surface area contributed by atoms with Crippen LogP contribution in [0.2, 0.25) is 0 Å². The molecular weight excluding hydrogens is 486 g/mol. The first-order valence-corrected chi connectivity index (χ1v) is 11.7. The fraction of sp³-hybridized carbons (Fsp3) is 0.640. The van der Waals surface area contributed by atoms with Crippen molar-refractivity contribution in [2.45, 2.75) is 83.3 Å². The number of carbonyl (C=O) groups is 3. The molecule has 0 fully saturated rings. The molecule has 0 saturated carbocycles. The topological polar surface area (TPSA) is 105 Å². The summed E-state index contributed by atoms with van der Waals surface area (Å²) in [5.41, 5.74) is 5.97. The predicted octanol–water partition coefficient (Wildman–Crippen LogP) is 5.05. The van der Waals surface area contributed by atoms with Crippen molar-refractivity contribution < 1.29 is 46.2 Å². The summed E-state index contributed by atoms with van der Waals surface area (Å²) < 4.78 is 67.0. The molecule has 0 spiro atoms. The molecule has 0 aromatic heterocycles. The van der Waals surface area contributed by atoms with Crippen LogP contribution in [0.4, 0.5) is 17.6 Å². The molecule has 0 radical (unpaired) electrons. The number of methoxy groups -OCH3 is 2. The molecule has 1 aromatic carbocycles. The van der Waals surface area contributed by atoms with Crippen LogP contribution in [0, 0.1) is 5.92 Å². The van der Waals surface area contributed by atoms with Crippen LogP contribution in [-0.2, 0) is 35.2 Å². The maximum atomic E-state index is 13.7. The first kappa shape index (κ1) is 33.3. The first-order valence-electron chi connectivity index (χ1n) is 11.7. The summed E-state index contributed by atoms with van der Waals surface area (Å²) in [5.74, 6) is -9.40. The van der Waals surface area contributed by atoms with Crippen LogP contribution in [0.3, 0.4) is 0 Å². The lowest BCUT2D eigenvalue weighted by Crippen LogP contribution is -2.37. The first-order chi connectivity index (χ1) is 16.8. The van der Waals surface area contributed by atoms with Crippen molar-refractivity contribution >= 4 is 17.9 Å². The molecule has 11 heteroatoms. The van der Waals surface area contributed by atoms with E-state index < -0.39 is 61.0 Å². The van der Waals surface area contributed by atoms with Crippen molar-refractivity contribution in [3.63, 3.8) is 0 Å². The Hall–Kier alpha value is -2.69. The molecule has 0 bridgehead atoms. The van der Waals surface area contributed by atoms with Crippen LogP contribution in [0.5, 0.6) is 0 Å². The Labute approximate surface area is 209 Å². The Morgan fingerprint density at radius 1 is 0.861 bits per heavy atom. The highest BCUT2D eigenvalue weighted by Gasteiger charge is 2.37. The van der Waals surface area contributed by atoms with Gasteiger partial charge in [-0.05, 0) is 5.56 Å². The van der Waals surface area contributed by atoms with E-state index in [4.69, 9.17) is 10.5 Å². The van der Waals surface area contributed by atoms with Gasteiger partial charge in [0.1, 0.15) is 12.6 Å². The molecule has 0 aliphatic rings. The van der Waals surface area contributed by atoms with Crippen LogP contribution in [0.15, 0.2) is 30.3 Å². The van der Waals surface area contributed by atoms with Crippen LogP contribution in [-0.4, -0.2) is 50.0 Å². The number of alkyl halides is 4. The number of rotatable bonds is 14. The smallest absolute Gasteiger partial charge is 0.322 e. The Morgan fingerprint density at radius 3 is 1.83 bits per heavy atom. The average Bonchev–Trinajstić information content (AvgIpc) is 2.81. The molecule has 0 unspecified atom stereocenters. The summed E-state index contributed by atoms with van der Waals surface area (Å²) in [6.07, 6.45) is -1.71. The number of hydrogen-bond acceptors (Lipinski definition) is 7. The molecule has 0 saturated heterocycles. The quantitative estimate of drug-likeness (QED) is 0.207. The maximum Gasteiger partial charge on any atom is 0.322 e. The summed E-state index contributed by atoms with van der Waals surface area (Å²) in [6, 6.07) is 7.75. The molecule has 0 aliphatic carbocycles. The van der Waals surface area contributed by atoms with E-state index in [1.165, 1.54) is 0 Å². The van der Waals surface area contributed by atoms with E-state index in [2.05, 4.69) is 9.47 Å². The Kier molecular flexibility index (Phi) is 15.6. The van der Waals surface area contributed by atoms with Gasteiger partial charge in [0.15, 0.2) is 0 Å². The number of carbonyl (C=O) groups excluding carboxylic acids is 3. The van der Waals surface area contributed by atoms with Gasteiger partial charge in [0.2, 0.25) is 11.8 Å². The zero-order valence-electron chi connectivity index (χ0n) is 21.2. The minimum absolute atomic E-state index is 0.0406. The van der Waals surface area contributed by atoms with Gasteiger partial charge in [-0.1, -0.05) is 57.0 Å². The standard InChI is InChI=1S/C17H22F2O4.C8H15F2NO2/c1-3-9-17(18,19)11-14(16(21)22-2)10-15(20)23-12-13-7-5-4-6-8-13;1-3-4-8(9,10)5-6(11)7(12)13-2/h4-8,14H,3,9-12H2,1-2H3;6H,3-5,11H2,1-2H3/t14-;6-/m00/s1. The molecular formula is C25H37F4NO6. The second-order valence-corrected chi connectivity index (χ2v) is 8.32. The Morgan fingerprint density at radius 2 is 1.36 bits per heavy atom. The summed E-state index contributed by atoms with van der Waals surface area (Å²) in [4.78, 5) is 34.2. The number of benzene rings is 1. The summed E-state index contributed by atoms with van der Waals surface area (Å²) in [6.45, 7) is 3.33. The zero-order valence-corrected chi connectivity index (χ0v) is 21.2. The van der Waals surface area contributed by atoms with Gasteiger partial charge in [0, 0.05) is 25.7 Å². The monoisotopic (exact) mass is 523 g/mol. The minimum Gasteiger partial charge on any atom is -0.469 e. The highest BCUT2D eigenvalue weighted by Crippen LogP contribution is 2.31. The summed E-state index contributed by atoms with van der Waals surface area (Å²) >= 11 is 0. The summed E-state index contributed by atoms with van der Waals surface area (Å²) in [7, 11) is 2.24. The molecule has 1 rings (SSSR count). The largest absolute Gasteiger partial charge is 0.469 e. The summed E-state index contributed by atoms with van der Waals surface area (Å²) in [5, 5.41) is 0. The molecule has 2 N–H and O–H groups in total. The zero-order chi connectivity index (χ0) is 27.8. The average molecular weight is 524 g/mol. The third-order valence-electron chi connectivity index (χ3n) is 4.99. The van der Waals surface area contributed by atoms with Gasteiger partial charge >= 0.3 is 17.9 Å². The predicted molar refractivity (Wildman–Crippen MR) is 125 cm³/mol. The van der Waals surface area contributed by atoms with Crippen molar-refractivity contribution in [3.8, 4) is 0 Å². The van der Waals surface area contributed by atoms with E-state index in [0.717, 1.165) is 19.8 Å². The van der Waals surface area contributed by atoms with Gasteiger partial charge < -0.3 is 19.9 Å². The molecule has 0 amide bonds. The van der Waals surface area contributed by atoms with Crippen LogP contribution in [0.25, 0.3) is 0 Å². The minimum atomic E-state index is -3.01. The van der Waals surface area contributed by atoms with Gasteiger partial charge in [-0.15, -0.1) is 0 Å². The third kappa shape index (κ3) is 14.7. The van der Waals surface area contributed by atoms with Gasteiger partial charge in [-0.3, -0.25) is 14.4 Å². The molecule has 2 atom stereocenters. The SMILES string of the molecule is CCCC(F)(F)C[C@H](CC(=O)OCc1ccccc1)C(=O)OC.CCCC(F)(F)C[C@H](N)C(=O)OC. The lowest BCUT2D eigenvalue weighted by atomic mass is 9.95. The fourth-order valence-electron chi connectivity index (χ4n) is 3.26. The maximum absolute atomic E-state index is 13.7. The van der Waals surface area contributed by atoms with Gasteiger partial charge in [-0.2, -0.15) is 0 Å². The second kappa shape index (κ2) is 16.9. The van der Waals surface area contributed by atoms with E-state index in [9.17, 15) is 31.9 Å². The number of ether oxygens (including phenoxy) is 3. The van der Waals surface area contributed by atoms with E-state index in [-0.39, 0.29) is 19.4 Å². The van der Waals surface area contributed by atoms with Crippen LogP contribution in [0.1, 0.15) is 64.4 Å². The number of hydrogen-bond donors (Lipinski definition) is 1. The molecule has 7 nitrogen and oxygen atoms in total. The van der Waals surface area contributed by atoms with E-state index in [0.29, 0.717) is 12.8 Å². The lowest BCUT2D eigenvalue weighted by Gasteiger charge is -2.21. The fourth-order valence-corrected chi connectivity index (χ4v) is 3.26. The van der Waals surface area contributed by atoms with Gasteiger partial charge in [0.25, 0.3) is 0 Å². The lowest BCUT2D eigenvalue weighted by molar-refractivity contribution is -0.157. The molecule has 206 valence electrons. The third-order valence-corrected chi connectivity index (χ3v) is 4.99. The van der Waals surface area contributed by atoms with Crippen molar-refractivity contribution in [1.29, 1.82) is 0 Å². The van der Waals surface area contributed by atoms with E-state index in [1.54, 1.807) is 38.1 Å². The number of nitrogens with two attached hydrogens (primary N) is 1. The number of esters is 3. The molecule has 1 aromatic rings. The Bertz CT molecular complexity index is 792. The normalized spacial score (nSPS) is 13.0. The van der Waals surface area contributed by atoms with Gasteiger partial charge in [-0.25, -0.2) is 17.6 Å². The van der Waals surface area contributed by atoms with Crippen LogP contribution >= 0.6 is 0 Å². The van der Waals surface area contributed by atoms with Crippen LogP contribution < -0.4 is 5.73 Å². The second-order valence-electron chi connectivity index (χ2n) is 8.32. The van der Waals surface area contributed by atoms with Crippen molar-refractivity contribution in [3.05, 3.63) is 35.9 Å². The van der Waals surface area contributed by atoms with Gasteiger partial charge in [0.05, 0.1) is 26.6 Å². The highest BCUT2D eigenvalue weighted by atomic mass is 19.3. The van der Waals surface area contributed by atoms with Crippen molar-refractivity contribution in [1.82, 2.24) is 0 Å². The Balaban J connectivity index is 0.000000802. The van der Waals surface area contributed by atoms with E-state index in [1.807, 2.05) is 6.07 Å². The van der Waals surface area contributed by atoms with E-state index >= 15 is 0 Å². The highest BCUT2D eigenvalue weighted by molar-refractivity contribution is 5.80. The molecule has 0 aliphatic heterocycles. The van der Waals surface area contributed by atoms with Crippen molar-refractivity contribution in [2.24, 2.45) is 11.7 Å². The molecule has 36 heavy (non-hydrogen) atoms. The number of halogens is 4. The van der Waals surface area contributed by atoms with Crippen molar-refractivity contribution in [2.75, 3.05) is 14.2 Å².